The Morgan fingerprint density at radius 3 is 2.79 bits per heavy atom. The van der Waals surface area contributed by atoms with E-state index in [-0.39, 0.29) is 24.1 Å². The van der Waals surface area contributed by atoms with E-state index in [9.17, 15) is 9.59 Å². The second-order valence-corrected chi connectivity index (χ2v) is 7.15. The summed E-state index contributed by atoms with van der Waals surface area (Å²) in [6, 6.07) is 7.60. The van der Waals surface area contributed by atoms with Crippen LogP contribution >= 0.6 is 22.9 Å². The molecule has 24 heavy (non-hydrogen) atoms. The van der Waals surface area contributed by atoms with Crippen LogP contribution in [-0.4, -0.2) is 21.5 Å². The molecule has 0 spiro atoms. The summed E-state index contributed by atoms with van der Waals surface area (Å²) < 4.78 is 1.37. The Labute approximate surface area is 146 Å². The van der Waals surface area contributed by atoms with Crippen LogP contribution in [0, 0.1) is 0 Å². The predicted octanol–water partition coefficient (Wildman–Crippen LogP) is 3.06. The van der Waals surface area contributed by atoms with Gasteiger partial charge in [0.25, 0.3) is 5.56 Å². The number of aromatic nitrogens is 2. The van der Waals surface area contributed by atoms with Crippen LogP contribution in [0.2, 0.25) is 5.02 Å². The second-order valence-electron chi connectivity index (χ2n) is 5.86. The van der Waals surface area contributed by atoms with Crippen molar-refractivity contribution in [2.24, 2.45) is 0 Å². The molecule has 0 atom stereocenters. The smallest absolute Gasteiger partial charge is 0.263 e. The molecular formula is C17H14ClN3O2S. The average Bonchev–Trinajstić information content (AvgIpc) is 3.26. The molecule has 2 heterocycles. The summed E-state index contributed by atoms with van der Waals surface area (Å²) in [5.74, 6) is -0.149. The lowest BCUT2D eigenvalue weighted by atomic mass is 10.1. The van der Waals surface area contributed by atoms with Crippen molar-refractivity contribution in [2.45, 2.75) is 25.4 Å². The molecule has 1 aliphatic rings. The van der Waals surface area contributed by atoms with Crippen molar-refractivity contribution in [2.75, 3.05) is 0 Å². The summed E-state index contributed by atoms with van der Waals surface area (Å²) in [5.41, 5.74) is 1.53. The molecule has 7 heteroatoms. The number of benzene rings is 1. The van der Waals surface area contributed by atoms with Crippen molar-refractivity contribution >= 4 is 39.1 Å². The SMILES string of the molecule is O=C(Cn1cnc2scc(-c3ccc(Cl)cc3)c2c1=O)NC1CC1. The maximum Gasteiger partial charge on any atom is 0.263 e. The number of fused-ring (bicyclic) bond motifs is 1. The lowest BCUT2D eigenvalue weighted by Gasteiger charge is -2.07. The predicted molar refractivity (Wildman–Crippen MR) is 95.5 cm³/mol. The van der Waals surface area contributed by atoms with E-state index in [2.05, 4.69) is 10.3 Å². The van der Waals surface area contributed by atoms with Gasteiger partial charge in [0.2, 0.25) is 5.91 Å². The summed E-state index contributed by atoms with van der Waals surface area (Å²) in [6.07, 6.45) is 3.48. The quantitative estimate of drug-likeness (QED) is 0.778. The highest BCUT2D eigenvalue weighted by Crippen LogP contribution is 2.31. The van der Waals surface area contributed by atoms with Crippen molar-refractivity contribution in [3.63, 3.8) is 0 Å². The molecule has 0 saturated heterocycles. The number of hydrogen-bond acceptors (Lipinski definition) is 4. The number of amides is 1. The molecule has 1 fully saturated rings. The lowest BCUT2D eigenvalue weighted by molar-refractivity contribution is -0.121. The first-order chi connectivity index (χ1) is 11.6. The third-order valence-electron chi connectivity index (χ3n) is 3.97. The van der Waals surface area contributed by atoms with E-state index in [1.54, 1.807) is 12.1 Å². The van der Waals surface area contributed by atoms with Gasteiger partial charge in [-0.1, -0.05) is 23.7 Å². The van der Waals surface area contributed by atoms with E-state index in [0.29, 0.717) is 15.2 Å². The van der Waals surface area contributed by atoms with Crippen LogP contribution in [0.4, 0.5) is 0 Å². The van der Waals surface area contributed by atoms with E-state index in [1.807, 2.05) is 17.5 Å². The van der Waals surface area contributed by atoms with Crippen molar-refractivity contribution < 1.29 is 4.79 Å². The molecule has 5 nitrogen and oxygen atoms in total. The van der Waals surface area contributed by atoms with Gasteiger partial charge in [0.05, 0.1) is 11.7 Å². The Kier molecular flexibility index (Phi) is 3.86. The Morgan fingerprint density at radius 1 is 1.33 bits per heavy atom. The van der Waals surface area contributed by atoms with E-state index in [4.69, 9.17) is 11.6 Å². The van der Waals surface area contributed by atoms with Crippen LogP contribution in [0.1, 0.15) is 12.8 Å². The third kappa shape index (κ3) is 2.95. The molecule has 1 amide bonds. The molecule has 122 valence electrons. The Hall–Kier alpha value is -2.18. The minimum absolute atomic E-state index is 0.00578. The van der Waals surface area contributed by atoms with Gasteiger partial charge in [-0.05, 0) is 30.5 Å². The van der Waals surface area contributed by atoms with Gasteiger partial charge in [0.1, 0.15) is 11.4 Å². The van der Waals surface area contributed by atoms with Gasteiger partial charge in [-0.15, -0.1) is 11.3 Å². The number of carbonyl (C=O) groups excluding carboxylic acids is 1. The number of hydrogen-bond donors (Lipinski definition) is 1. The first-order valence-corrected chi connectivity index (χ1v) is 8.89. The standard InChI is InChI=1S/C17H14ClN3O2S/c18-11-3-1-10(2-4-11)13-8-24-16-15(13)17(23)21(9-19-16)7-14(22)20-12-5-6-12/h1-4,8-9,12H,5-7H2,(H,20,22). The highest BCUT2D eigenvalue weighted by molar-refractivity contribution is 7.17. The molecule has 2 aromatic heterocycles. The fraction of sp³-hybridized carbons (Fsp3) is 0.235. The van der Waals surface area contributed by atoms with Gasteiger partial charge in [-0.25, -0.2) is 4.98 Å². The maximum absolute atomic E-state index is 12.8. The molecule has 1 aromatic carbocycles. The van der Waals surface area contributed by atoms with Gasteiger partial charge >= 0.3 is 0 Å². The van der Waals surface area contributed by atoms with E-state index >= 15 is 0 Å². The summed E-state index contributed by atoms with van der Waals surface area (Å²) in [7, 11) is 0. The van der Waals surface area contributed by atoms with Crippen molar-refractivity contribution in [1.29, 1.82) is 0 Å². The van der Waals surface area contributed by atoms with Crippen LogP contribution in [0.5, 0.6) is 0 Å². The molecule has 1 N–H and O–H groups in total. The first-order valence-electron chi connectivity index (χ1n) is 7.64. The van der Waals surface area contributed by atoms with Crippen LogP contribution < -0.4 is 10.9 Å². The minimum Gasteiger partial charge on any atom is -0.352 e. The normalized spacial score (nSPS) is 14.0. The maximum atomic E-state index is 12.8. The van der Waals surface area contributed by atoms with E-state index < -0.39 is 0 Å². The molecule has 1 aliphatic carbocycles. The molecule has 0 unspecified atom stereocenters. The Bertz CT molecular complexity index is 974. The molecule has 3 aromatic rings. The fourth-order valence-corrected chi connectivity index (χ4v) is 3.61. The number of rotatable bonds is 4. The van der Waals surface area contributed by atoms with Crippen LogP contribution in [0.3, 0.4) is 0 Å². The fourth-order valence-electron chi connectivity index (χ4n) is 2.58. The van der Waals surface area contributed by atoms with E-state index in [0.717, 1.165) is 24.0 Å². The number of nitrogens with one attached hydrogen (secondary N) is 1. The van der Waals surface area contributed by atoms with Crippen LogP contribution in [0.15, 0.2) is 40.8 Å². The van der Waals surface area contributed by atoms with Crippen molar-refractivity contribution in [3.05, 3.63) is 51.3 Å². The van der Waals surface area contributed by atoms with Crippen LogP contribution in [0.25, 0.3) is 21.3 Å². The Morgan fingerprint density at radius 2 is 2.08 bits per heavy atom. The molecule has 0 radical (unpaired) electrons. The van der Waals surface area contributed by atoms with Gasteiger partial charge < -0.3 is 5.32 Å². The molecule has 0 aliphatic heterocycles. The number of nitrogens with zero attached hydrogens (tertiary/aromatic N) is 2. The highest BCUT2D eigenvalue weighted by atomic mass is 35.5. The summed E-state index contributed by atoms with van der Waals surface area (Å²) >= 11 is 7.35. The highest BCUT2D eigenvalue weighted by Gasteiger charge is 2.23. The first kappa shape index (κ1) is 15.4. The van der Waals surface area contributed by atoms with Crippen molar-refractivity contribution in [1.82, 2.24) is 14.9 Å². The number of halogens is 1. The Balaban J connectivity index is 1.74. The second kappa shape index (κ2) is 6.03. The summed E-state index contributed by atoms with van der Waals surface area (Å²) in [5, 5.41) is 5.99. The molecule has 0 bridgehead atoms. The monoisotopic (exact) mass is 359 g/mol. The zero-order valence-corrected chi connectivity index (χ0v) is 14.2. The van der Waals surface area contributed by atoms with Crippen LogP contribution in [-0.2, 0) is 11.3 Å². The van der Waals surface area contributed by atoms with Gasteiger partial charge in [-0.2, -0.15) is 0 Å². The zero-order chi connectivity index (χ0) is 16.7. The average molecular weight is 360 g/mol. The number of carbonyl (C=O) groups is 1. The molecule has 4 rings (SSSR count). The molecular weight excluding hydrogens is 346 g/mol. The number of thiophene rings is 1. The topological polar surface area (TPSA) is 64.0 Å². The zero-order valence-electron chi connectivity index (χ0n) is 12.7. The lowest BCUT2D eigenvalue weighted by Crippen LogP contribution is -2.33. The summed E-state index contributed by atoms with van der Waals surface area (Å²) in [6.45, 7) is -0.00578. The largest absolute Gasteiger partial charge is 0.352 e. The minimum atomic E-state index is -0.197. The van der Waals surface area contributed by atoms with Gasteiger partial charge in [0.15, 0.2) is 0 Å². The summed E-state index contributed by atoms with van der Waals surface area (Å²) in [4.78, 5) is 29.8. The van der Waals surface area contributed by atoms with E-state index in [1.165, 1.54) is 22.2 Å². The van der Waals surface area contributed by atoms with Crippen molar-refractivity contribution in [3.8, 4) is 11.1 Å². The van der Waals surface area contributed by atoms with Gasteiger partial charge in [-0.3, -0.25) is 14.2 Å². The molecule has 1 saturated carbocycles. The van der Waals surface area contributed by atoms with Gasteiger partial charge in [0, 0.05) is 22.0 Å². The third-order valence-corrected chi connectivity index (χ3v) is 5.11.